The van der Waals surface area contributed by atoms with Gasteiger partial charge in [0.05, 0.1) is 5.56 Å². The van der Waals surface area contributed by atoms with Gasteiger partial charge in [-0.1, -0.05) is 6.92 Å². The third-order valence-corrected chi connectivity index (χ3v) is 3.06. The average Bonchev–Trinajstić information content (AvgIpc) is 2.42. The van der Waals surface area contributed by atoms with Gasteiger partial charge in [0.2, 0.25) is 0 Å². The minimum absolute atomic E-state index is 0.255. The molecule has 0 aliphatic heterocycles. The fraction of sp³-hybridized carbons (Fsp3) is 0.455. The van der Waals surface area contributed by atoms with Crippen molar-refractivity contribution in [2.24, 2.45) is 0 Å². The Labute approximate surface area is 94.5 Å². The van der Waals surface area contributed by atoms with E-state index < -0.39 is 0 Å². The lowest BCUT2D eigenvalue weighted by atomic mass is 10.2. The predicted octanol–water partition coefficient (Wildman–Crippen LogP) is 2.80. The highest BCUT2D eigenvalue weighted by molar-refractivity contribution is 7.16. The van der Waals surface area contributed by atoms with Gasteiger partial charge in [0.1, 0.15) is 16.9 Å². The minimum atomic E-state index is 0.255. The van der Waals surface area contributed by atoms with Crippen LogP contribution in [0.5, 0.6) is 0 Å². The van der Waals surface area contributed by atoms with Crippen molar-refractivity contribution in [1.29, 1.82) is 5.26 Å². The molecule has 0 atom stereocenters. The third kappa shape index (κ3) is 4.13. The van der Waals surface area contributed by atoms with E-state index in [4.69, 9.17) is 11.0 Å². The van der Waals surface area contributed by atoms with Gasteiger partial charge in [0.15, 0.2) is 0 Å². The molecule has 0 spiro atoms. The number of nitriles is 1. The second-order valence-corrected chi connectivity index (χ2v) is 4.45. The van der Waals surface area contributed by atoms with E-state index in [1.54, 1.807) is 6.92 Å². The molecule has 0 aliphatic rings. The van der Waals surface area contributed by atoms with E-state index >= 15 is 0 Å². The molecule has 1 aromatic heterocycles. The summed E-state index contributed by atoms with van der Waals surface area (Å²) in [5.74, 6) is 0.255. The highest BCUT2D eigenvalue weighted by atomic mass is 32.1. The number of nitrogens with two attached hydrogens (primary N) is 1. The van der Waals surface area contributed by atoms with Crippen LogP contribution in [0.3, 0.4) is 0 Å². The highest BCUT2D eigenvalue weighted by Gasteiger charge is 2.07. The van der Waals surface area contributed by atoms with Gasteiger partial charge in [-0.2, -0.15) is 5.26 Å². The first kappa shape index (κ1) is 13.7. The van der Waals surface area contributed by atoms with Crippen molar-refractivity contribution in [3.8, 4) is 6.07 Å². The fourth-order valence-electron chi connectivity index (χ4n) is 0.792. The second kappa shape index (κ2) is 6.20. The van der Waals surface area contributed by atoms with Gasteiger partial charge in [-0.05, 0) is 26.3 Å². The fourth-order valence-corrected chi connectivity index (χ4v) is 1.68. The molecule has 3 nitrogen and oxygen atoms in total. The molecule has 0 saturated heterocycles. The lowest BCUT2D eigenvalue weighted by molar-refractivity contribution is -0.116. The Hall–Kier alpha value is -1.34. The molecule has 0 unspecified atom stereocenters. The normalized spacial score (nSPS) is 8.73. The van der Waals surface area contributed by atoms with Crippen LogP contribution in [0.15, 0.2) is 0 Å². The van der Waals surface area contributed by atoms with Crippen LogP contribution in [0.25, 0.3) is 0 Å². The van der Waals surface area contributed by atoms with Crippen molar-refractivity contribution in [2.45, 2.75) is 34.1 Å². The van der Waals surface area contributed by atoms with Gasteiger partial charge in [-0.15, -0.1) is 11.3 Å². The first-order valence-electron chi connectivity index (χ1n) is 4.69. The number of Topliss-reactive ketones (excluding diaryl/α,β-unsaturated/α-hetero) is 1. The average molecular weight is 224 g/mol. The summed E-state index contributed by atoms with van der Waals surface area (Å²) >= 11 is 1.48. The second-order valence-electron chi connectivity index (χ2n) is 3.19. The SMILES string of the molecule is CCC(C)=O.Cc1sc(N)c(C#N)c1C. The summed E-state index contributed by atoms with van der Waals surface area (Å²) in [5, 5.41) is 9.23. The number of aryl methyl sites for hydroxylation is 1. The summed E-state index contributed by atoms with van der Waals surface area (Å²) in [7, 11) is 0. The van der Waals surface area contributed by atoms with Crippen molar-refractivity contribution in [3.63, 3.8) is 0 Å². The Morgan fingerprint density at radius 2 is 2.00 bits per heavy atom. The van der Waals surface area contributed by atoms with Gasteiger partial charge in [-0.3, -0.25) is 0 Å². The van der Waals surface area contributed by atoms with Gasteiger partial charge in [0.25, 0.3) is 0 Å². The molecular weight excluding hydrogens is 208 g/mol. The molecule has 0 aliphatic carbocycles. The van der Waals surface area contributed by atoms with Gasteiger partial charge in [0, 0.05) is 11.3 Å². The maximum atomic E-state index is 9.81. The number of rotatable bonds is 1. The Balaban J connectivity index is 0.000000336. The molecule has 0 aromatic carbocycles. The molecule has 4 heteroatoms. The van der Waals surface area contributed by atoms with Crippen molar-refractivity contribution in [2.75, 3.05) is 5.73 Å². The number of hydrogen-bond donors (Lipinski definition) is 1. The monoisotopic (exact) mass is 224 g/mol. The van der Waals surface area contributed by atoms with E-state index in [0.717, 1.165) is 10.4 Å². The maximum Gasteiger partial charge on any atom is 0.129 e. The molecule has 1 rings (SSSR count). The molecule has 82 valence electrons. The molecule has 0 fully saturated rings. The van der Waals surface area contributed by atoms with Crippen LogP contribution < -0.4 is 5.73 Å². The number of anilines is 1. The summed E-state index contributed by atoms with van der Waals surface area (Å²) in [6, 6.07) is 2.07. The quantitative estimate of drug-likeness (QED) is 0.797. The molecular formula is C11H16N2OS. The zero-order chi connectivity index (χ0) is 12.0. The minimum Gasteiger partial charge on any atom is -0.389 e. The molecule has 2 N–H and O–H groups in total. The summed E-state index contributed by atoms with van der Waals surface area (Å²) in [6.07, 6.45) is 0.667. The van der Waals surface area contributed by atoms with E-state index in [9.17, 15) is 4.79 Å². The third-order valence-electron chi connectivity index (χ3n) is 2.02. The lowest BCUT2D eigenvalue weighted by Gasteiger charge is -1.85. The van der Waals surface area contributed by atoms with Gasteiger partial charge in [-0.25, -0.2) is 0 Å². The van der Waals surface area contributed by atoms with Crippen LogP contribution >= 0.6 is 11.3 Å². The molecule has 0 saturated carbocycles. The van der Waals surface area contributed by atoms with Crippen molar-refractivity contribution >= 4 is 22.1 Å². The van der Waals surface area contributed by atoms with Crippen molar-refractivity contribution < 1.29 is 4.79 Å². The number of hydrogen-bond acceptors (Lipinski definition) is 4. The first-order valence-corrected chi connectivity index (χ1v) is 5.50. The van der Waals surface area contributed by atoms with Crippen molar-refractivity contribution in [3.05, 3.63) is 16.0 Å². The van der Waals surface area contributed by atoms with Crippen LogP contribution in [0, 0.1) is 25.2 Å². The highest BCUT2D eigenvalue weighted by Crippen LogP contribution is 2.28. The van der Waals surface area contributed by atoms with E-state index in [-0.39, 0.29) is 5.78 Å². The van der Waals surface area contributed by atoms with Gasteiger partial charge >= 0.3 is 0 Å². The molecule has 0 radical (unpaired) electrons. The van der Waals surface area contributed by atoms with Gasteiger partial charge < -0.3 is 10.5 Å². The topological polar surface area (TPSA) is 66.9 Å². The van der Waals surface area contributed by atoms with Crippen LogP contribution in [-0.2, 0) is 4.79 Å². The molecule has 0 bridgehead atoms. The number of carbonyl (C=O) groups is 1. The first-order chi connectivity index (χ1) is 6.93. The predicted molar refractivity (Wildman–Crippen MR) is 63.9 cm³/mol. The van der Waals surface area contributed by atoms with Crippen LogP contribution in [0.1, 0.15) is 36.3 Å². The number of nitrogens with zero attached hydrogens (tertiary/aromatic N) is 1. The molecule has 15 heavy (non-hydrogen) atoms. The number of thiophene rings is 1. The zero-order valence-corrected chi connectivity index (χ0v) is 10.4. The van der Waals surface area contributed by atoms with E-state index in [1.807, 2.05) is 20.8 Å². The standard InChI is InChI=1S/C7H8N2S.C4H8O/c1-4-5(2)10-7(9)6(4)3-8;1-3-4(2)5/h9H2,1-2H3;3H2,1-2H3. The largest absolute Gasteiger partial charge is 0.389 e. The smallest absolute Gasteiger partial charge is 0.129 e. The maximum absolute atomic E-state index is 9.81. The summed E-state index contributed by atoms with van der Waals surface area (Å²) in [6.45, 7) is 7.32. The Morgan fingerprint density at radius 3 is 2.13 bits per heavy atom. The molecule has 1 heterocycles. The lowest BCUT2D eigenvalue weighted by Crippen LogP contribution is -1.83. The number of nitrogen functional groups attached to an aromatic ring is 1. The van der Waals surface area contributed by atoms with E-state index in [0.29, 0.717) is 17.0 Å². The van der Waals surface area contributed by atoms with Crippen molar-refractivity contribution in [1.82, 2.24) is 0 Å². The van der Waals surface area contributed by atoms with E-state index in [1.165, 1.54) is 11.3 Å². The van der Waals surface area contributed by atoms with E-state index in [2.05, 4.69) is 6.07 Å². The Kier molecular flexibility index (Phi) is 5.65. The summed E-state index contributed by atoms with van der Waals surface area (Å²) in [5.41, 5.74) is 7.21. The van der Waals surface area contributed by atoms with Crippen LogP contribution in [0.2, 0.25) is 0 Å². The molecule has 0 amide bonds. The van der Waals surface area contributed by atoms with Crippen LogP contribution in [0.4, 0.5) is 5.00 Å². The summed E-state index contributed by atoms with van der Waals surface area (Å²) < 4.78 is 0. The number of ketones is 1. The Morgan fingerprint density at radius 1 is 1.53 bits per heavy atom. The summed E-state index contributed by atoms with van der Waals surface area (Å²) in [4.78, 5) is 10.9. The number of carbonyl (C=O) groups excluding carboxylic acids is 1. The Bertz CT molecular complexity index is 388. The zero-order valence-electron chi connectivity index (χ0n) is 9.55. The van der Waals surface area contributed by atoms with Crippen LogP contribution in [-0.4, -0.2) is 5.78 Å². The molecule has 1 aromatic rings.